The summed E-state index contributed by atoms with van der Waals surface area (Å²) in [6.45, 7) is -3.18. The van der Waals surface area contributed by atoms with Crippen molar-refractivity contribution in [1.82, 2.24) is 20.4 Å². The Morgan fingerprint density at radius 3 is 2.55 bits per heavy atom. The van der Waals surface area contributed by atoms with E-state index in [-0.39, 0.29) is 4.90 Å². The minimum atomic E-state index is -3.98. The van der Waals surface area contributed by atoms with Gasteiger partial charge in [0.25, 0.3) is 0 Å². The minimum Gasteiger partial charge on any atom is -0.467 e. The van der Waals surface area contributed by atoms with Crippen molar-refractivity contribution in [3.63, 3.8) is 0 Å². The number of halogens is 5. The number of benzene rings is 1. The van der Waals surface area contributed by atoms with Crippen LogP contribution in [-0.4, -0.2) is 38.9 Å². The molecule has 2 rings (SSSR count). The molecule has 1 aromatic heterocycles. The molecule has 1 heterocycles. The van der Waals surface area contributed by atoms with Crippen molar-refractivity contribution in [1.29, 1.82) is 0 Å². The van der Waals surface area contributed by atoms with Crippen LogP contribution >= 0.6 is 11.6 Å². The molecule has 29 heavy (non-hydrogen) atoms. The molecule has 0 aliphatic heterocycles. The molecule has 16 heteroatoms. The second-order valence-corrected chi connectivity index (χ2v) is 6.22. The topological polar surface area (TPSA) is 125 Å². The average molecular weight is 460 g/mol. The average Bonchev–Trinajstić information content (AvgIpc) is 2.65. The van der Waals surface area contributed by atoms with Gasteiger partial charge < -0.3 is 9.47 Å². The van der Waals surface area contributed by atoms with Gasteiger partial charge >= 0.3 is 24.0 Å². The zero-order chi connectivity index (χ0) is 21.6. The van der Waals surface area contributed by atoms with E-state index in [0.29, 0.717) is 0 Å². The molecule has 0 bridgehead atoms. The number of anilines is 1. The van der Waals surface area contributed by atoms with E-state index in [1.54, 1.807) is 5.48 Å². The van der Waals surface area contributed by atoms with Crippen LogP contribution in [0.5, 0.6) is 11.8 Å². The molecule has 0 saturated carbocycles. The van der Waals surface area contributed by atoms with Gasteiger partial charge in [-0.1, -0.05) is 12.1 Å². The van der Waals surface area contributed by atoms with Gasteiger partial charge in [0.1, 0.15) is 10.6 Å². The number of nitrogens with one attached hydrogen (secondary N) is 2. The standard InChI is InChI=1S/C13H10ClF4N5O5S/c1-26-12-20-8(13(14,17)18)19-10(22-12)21-11(24)23-28-29(25)7-5-3-2-4-6(7)27-9(15)16/h2-5,9H,1H3,(H2,19,20,21,22,23,24). The number of ether oxygens (including phenoxy) is 2. The molecular weight excluding hydrogens is 450 g/mol. The van der Waals surface area contributed by atoms with E-state index < -0.39 is 52.6 Å². The molecule has 158 valence electrons. The summed E-state index contributed by atoms with van der Waals surface area (Å²) in [5, 5.41) is -2.09. The maximum absolute atomic E-state index is 13.2. The Morgan fingerprint density at radius 2 is 1.93 bits per heavy atom. The molecule has 1 unspecified atom stereocenters. The quantitative estimate of drug-likeness (QED) is 0.350. The van der Waals surface area contributed by atoms with Gasteiger partial charge in [-0.25, -0.2) is 14.5 Å². The molecule has 0 saturated heterocycles. The van der Waals surface area contributed by atoms with Crippen molar-refractivity contribution >= 4 is 34.7 Å². The lowest BCUT2D eigenvalue weighted by atomic mass is 10.3. The maximum Gasteiger partial charge on any atom is 0.387 e. The van der Waals surface area contributed by atoms with E-state index in [9.17, 15) is 26.6 Å². The largest absolute Gasteiger partial charge is 0.467 e. The first-order valence-electron chi connectivity index (χ1n) is 7.17. The highest BCUT2D eigenvalue weighted by atomic mass is 35.5. The number of rotatable bonds is 8. The Bertz CT molecular complexity index is 904. The summed E-state index contributed by atoms with van der Waals surface area (Å²) in [5.74, 6) is -2.34. The summed E-state index contributed by atoms with van der Waals surface area (Å²) >= 11 is 2.35. The molecule has 2 aromatic rings. The summed E-state index contributed by atoms with van der Waals surface area (Å²) < 4.78 is 76.4. The van der Waals surface area contributed by atoms with Crippen LogP contribution in [0.2, 0.25) is 0 Å². The van der Waals surface area contributed by atoms with Crippen LogP contribution in [-0.2, 0) is 20.7 Å². The second-order valence-electron chi connectivity index (χ2n) is 4.67. The predicted octanol–water partition coefficient (Wildman–Crippen LogP) is 2.55. The van der Waals surface area contributed by atoms with E-state index in [1.165, 1.54) is 12.1 Å². The Hall–Kier alpha value is -2.78. The fourth-order valence-electron chi connectivity index (χ4n) is 1.66. The van der Waals surface area contributed by atoms with E-state index in [4.69, 9.17) is 11.6 Å². The number of urea groups is 1. The van der Waals surface area contributed by atoms with Gasteiger partial charge in [0, 0.05) is 0 Å². The molecule has 2 N–H and O–H groups in total. The monoisotopic (exact) mass is 459 g/mol. The number of alkyl halides is 5. The number of aromatic nitrogens is 3. The van der Waals surface area contributed by atoms with Crippen molar-refractivity contribution in [2.45, 2.75) is 16.9 Å². The lowest BCUT2D eigenvalue weighted by Gasteiger charge is -2.11. The Morgan fingerprint density at radius 1 is 1.24 bits per heavy atom. The van der Waals surface area contributed by atoms with Gasteiger partial charge in [-0.2, -0.15) is 36.8 Å². The zero-order valence-electron chi connectivity index (χ0n) is 14.1. The summed E-state index contributed by atoms with van der Waals surface area (Å²) in [6.07, 6.45) is 0. The third kappa shape index (κ3) is 6.65. The molecule has 0 radical (unpaired) electrons. The van der Waals surface area contributed by atoms with Gasteiger partial charge in [-0.05, 0) is 23.7 Å². The van der Waals surface area contributed by atoms with Gasteiger partial charge in [0.15, 0.2) is 0 Å². The highest BCUT2D eigenvalue weighted by molar-refractivity contribution is 7.80. The van der Waals surface area contributed by atoms with Crippen LogP contribution in [0, 0.1) is 0 Å². The molecule has 1 atom stereocenters. The lowest BCUT2D eigenvalue weighted by Crippen LogP contribution is -2.31. The molecule has 2 amide bonds. The van der Waals surface area contributed by atoms with Gasteiger partial charge in [0.05, 0.1) is 7.11 Å². The first-order valence-corrected chi connectivity index (χ1v) is 8.62. The van der Waals surface area contributed by atoms with Crippen LogP contribution in [0.25, 0.3) is 0 Å². The third-order valence-corrected chi connectivity index (χ3v) is 3.83. The molecule has 10 nitrogen and oxygen atoms in total. The number of nitrogens with zero attached hydrogens (tertiary/aromatic N) is 3. The van der Waals surface area contributed by atoms with Crippen molar-refractivity contribution in [3.8, 4) is 11.8 Å². The Kier molecular flexibility index (Phi) is 7.46. The highest BCUT2D eigenvalue weighted by Gasteiger charge is 2.33. The van der Waals surface area contributed by atoms with Crippen molar-refractivity contribution in [2.24, 2.45) is 0 Å². The summed E-state index contributed by atoms with van der Waals surface area (Å²) in [5.41, 5.74) is 1.65. The Labute approximate surface area is 167 Å². The second kappa shape index (κ2) is 9.62. The smallest absolute Gasteiger partial charge is 0.387 e. The maximum atomic E-state index is 13.2. The van der Waals surface area contributed by atoms with E-state index in [2.05, 4.69) is 28.7 Å². The molecule has 1 aromatic carbocycles. The van der Waals surface area contributed by atoms with E-state index in [0.717, 1.165) is 19.2 Å². The fourth-order valence-corrected chi connectivity index (χ4v) is 2.46. The molecular formula is C13H10ClF4N5O5S. The van der Waals surface area contributed by atoms with Crippen LogP contribution in [0.1, 0.15) is 5.82 Å². The third-order valence-electron chi connectivity index (χ3n) is 2.73. The Balaban J connectivity index is 2.05. The normalized spacial score (nSPS) is 12.4. The van der Waals surface area contributed by atoms with Crippen LogP contribution in [0.15, 0.2) is 29.2 Å². The number of hydroxylamine groups is 1. The highest BCUT2D eigenvalue weighted by Crippen LogP contribution is 2.30. The lowest BCUT2D eigenvalue weighted by molar-refractivity contribution is -0.0518. The first kappa shape index (κ1) is 22.5. The zero-order valence-corrected chi connectivity index (χ0v) is 15.6. The van der Waals surface area contributed by atoms with Gasteiger partial charge in [0.2, 0.25) is 22.9 Å². The number of hydrogen-bond acceptors (Lipinski definition) is 8. The number of hydrogen-bond donors (Lipinski definition) is 2. The molecule has 0 aliphatic rings. The van der Waals surface area contributed by atoms with Crippen LogP contribution in [0.3, 0.4) is 0 Å². The van der Waals surface area contributed by atoms with Gasteiger partial charge in [-0.15, -0.1) is 0 Å². The van der Waals surface area contributed by atoms with Crippen molar-refractivity contribution in [3.05, 3.63) is 30.1 Å². The van der Waals surface area contributed by atoms with Crippen molar-refractivity contribution < 1.29 is 40.3 Å². The first-order chi connectivity index (χ1) is 13.6. The van der Waals surface area contributed by atoms with Crippen molar-refractivity contribution in [2.75, 3.05) is 12.4 Å². The number of methoxy groups -OCH3 is 1. The SMILES string of the molecule is COc1nc(NC(=O)NOS(=O)c2ccccc2OC(F)F)nc(C(F)(F)Cl)n1. The number of carbonyl (C=O) groups excluding carboxylic acids is 1. The number of para-hydroxylation sites is 1. The fraction of sp³-hybridized carbons (Fsp3) is 0.231. The van der Waals surface area contributed by atoms with E-state index in [1.807, 2.05) is 5.32 Å². The molecule has 0 aliphatic carbocycles. The van der Waals surface area contributed by atoms with Crippen LogP contribution < -0.4 is 20.3 Å². The molecule has 0 spiro atoms. The summed E-state index contributed by atoms with van der Waals surface area (Å²) in [7, 11) is 1.07. The number of amides is 2. The minimum absolute atomic E-state index is 0.306. The van der Waals surface area contributed by atoms with E-state index >= 15 is 0 Å². The van der Waals surface area contributed by atoms with Crippen LogP contribution in [0.4, 0.5) is 28.3 Å². The predicted molar refractivity (Wildman–Crippen MR) is 88.8 cm³/mol. The summed E-state index contributed by atoms with van der Waals surface area (Å²) in [4.78, 5) is 21.4. The number of carbonyl (C=O) groups is 1. The molecule has 0 fully saturated rings. The van der Waals surface area contributed by atoms with Gasteiger partial charge in [-0.3, -0.25) is 5.32 Å². The summed E-state index contributed by atoms with van der Waals surface area (Å²) in [6, 6.07) is 3.14.